The third-order valence-electron chi connectivity index (χ3n) is 5.32. The molecule has 3 aromatic carbocycles. The van der Waals surface area contributed by atoms with Gasteiger partial charge in [-0.25, -0.2) is 0 Å². The molecule has 0 aliphatic rings. The van der Waals surface area contributed by atoms with Crippen molar-refractivity contribution in [2.24, 2.45) is 0 Å². The third kappa shape index (κ3) is 7.13. The Hall–Kier alpha value is -2.24. The topological polar surface area (TPSA) is 49.4 Å². The lowest BCUT2D eigenvalue weighted by Gasteiger charge is -2.32. The van der Waals surface area contributed by atoms with Crippen molar-refractivity contribution < 1.29 is 9.59 Å². The van der Waals surface area contributed by atoms with Crippen molar-refractivity contribution in [1.82, 2.24) is 10.2 Å². The summed E-state index contributed by atoms with van der Waals surface area (Å²) in [4.78, 5) is 28.4. The van der Waals surface area contributed by atoms with Crippen LogP contribution in [0.5, 0.6) is 0 Å². The number of likely N-dealkylation sites (N-methyl/N-ethyl adjacent to an activating group) is 1. The molecule has 3 rings (SSSR count). The Morgan fingerprint density at radius 1 is 0.853 bits per heavy atom. The number of carbonyl (C=O) groups is 2. The maximum absolute atomic E-state index is 13.6. The van der Waals surface area contributed by atoms with Gasteiger partial charge in [-0.1, -0.05) is 88.9 Å². The summed E-state index contributed by atoms with van der Waals surface area (Å²) in [5.74, 6) is -0.476. The summed E-state index contributed by atoms with van der Waals surface area (Å²) in [6.07, 6.45) is 0.401. The van der Waals surface area contributed by atoms with Gasteiger partial charge in [0.15, 0.2) is 0 Å². The number of nitrogens with one attached hydrogen (secondary N) is 1. The van der Waals surface area contributed by atoms with Gasteiger partial charge in [0.25, 0.3) is 0 Å². The minimum Gasteiger partial charge on any atom is -0.355 e. The molecular weight excluding hydrogens is 514 g/mol. The summed E-state index contributed by atoms with van der Waals surface area (Å²) in [5, 5.41) is 4.56. The van der Waals surface area contributed by atoms with Crippen LogP contribution in [0.1, 0.15) is 23.6 Å². The summed E-state index contributed by atoms with van der Waals surface area (Å²) in [5.41, 5.74) is 2.32. The van der Waals surface area contributed by atoms with Gasteiger partial charge in [0.1, 0.15) is 6.04 Å². The average molecular weight is 538 g/mol. The predicted octanol–water partition coefficient (Wildman–Crippen LogP) is 6.62. The zero-order chi connectivity index (χ0) is 24.7. The number of nitrogens with zero attached hydrogens (tertiary/aromatic N) is 1. The van der Waals surface area contributed by atoms with E-state index in [9.17, 15) is 9.59 Å². The summed E-state index contributed by atoms with van der Waals surface area (Å²) < 4.78 is 0. The van der Waals surface area contributed by atoms with Crippen molar-refractivity contribution in [1.29, 1.82) is 0 Å². The molecule has 0 bridgehead atoms. The van der Waals surface area contributed by atoms with Gasteiger partial charge in [-0.05, 0) is 47.9 Å². The molecule has 0 aliphatic heterocycles. The maximum Gasteiger partial charge on any atom is 0.243 e. The molecular formula is C26H24Cl4N2O2. The van der Waals surface area contributed by atoms with Crippen LogP contribution in [-0.2, 0) is 29.0 Å². The molecule has 0 aromatic heterocycles. The first kappa shape index (κ1) is 26.4. The first-order valence-electron chi connectivity index (χ1n) is 10.8. The fourth-order valence-corrected chi connectivity index (χ4v) is 4.39. The van der Waals surface area contributed by atoms with E-state index in [4.69, 9.17) is 46.4 Å². The van der Waals surface area contributed by atoms with Crippen LogP contribution in [0.25, 0.3) is 0 Å². The number of halogens is 4. The molecule has 0 saturated heterocycles. The van der Waals surface area contributed by atoms with E-state index < -0.39 is 6.04 Å². The second kappa shape index (κ2) is 12.5. The molecule has 0 aliphatic carbocycles. The summed E-state index contributed by atoms with van der Waals surface area (Å²) >= 11 is 24.7. The van der Waals surface area contributed by atoms with Crippen molar-refractivity contribution in [2.45, 2.75) is 32.4 Å². The maximum atomic E-state index is 13.6. The lowest BCUT2D eigenvalue weighted by atomic mass is 10.0. The highest BCUT2D eigenvalue weighted by Crippen LogP contribution is 2.26. The third-order valence-corrected chi connectivity index (χ3v) is 6.64. The van der Waals surface area contributed by atoms with E-state index in [0.717, 1.165) is 5.56 Å². The van der Waals surface area contributed by atoms with Gasteiger partial charge in [-0.2, -0.15) is 0 Å². The molecule has 4 nitrogen and oxygen atoms in total. The van der Waals surface area contributed by atoms with Crippen LogP contribution in [0.15, 0.2) is 66.7 Å². The van der Waals surface area contributed by atoms with Crippen LogP contribution in [0.3, 0.4) is 0 Å². The van der Waals surface area contributed by atoms with Crippen LogP contribution >= 0.6 is 46.4 Å². The highest BCUT2D eigenvalue weighted by atomic mass is 35.5. The quantitative estimate of drug-likeness (QED) is 0.333. The van der Waals surface area contributed by atoms with Gasteiger partial charge >= 0.3 is 0 Å². The standard InChI is InChI=1S/C26H24Cl4N2O2/c1-2-31-26(34)24(13-17-6-4-3-5-7-17)32(16-19-9-10-20(27)15-22(19)29)25(33)14-18-8-11-21(28)23(30)12-18/h3-12,15,24H,2,13-14,16H2,1H3,(H,31,34)/t24-/m1/s1. The highest BCUT2D eigenvalue weighted by molar-refractivity contribution is 6.42. The number of carbonyl (C=O) groups excluding carboxylic acids is 2. The molecule has 1 atom stereocenters. The molecule has 0 saturated carbocycles. The molecule has 2 amide bonds. The van der Waals surface area contributed by atoms with Gasteiger partial charge in [-0.3, -0.25) is 9.59 Å². The number of rotatable bonds is 9. The molecule has 0 unspecified atom stereocenters. The van der Waals surface area contributed by atoms with Crippen LogP contribution in [-0.4, -0.2) is 29.3 Å². The molecule has 34 heavy (non-hydrogen) atoms. The zero-order valence-corrected chi connectivity index (χ0v) is 21.6. The van der Waals surface area contributed by atoms with Crippen molar-refractivity contribution in [2.75, 3.05) is 6.54 Å². The lowest BCUT2D eigenvalue weighted by Crippen LogP contribution is -2.51. The van der Waals surface area contributed by atoms with Crippen molar-refractivity contribution in [3.63, 3.8) is 0 Å². The van der Waals surface area contributed by atoms with Crippen molar-refractivity contribution in [3.05, 3.63) is 104 Å². The van der Waals surface area contributed by atoms with E-state index in [1.165, 1.54) is 0 Å². The van der Waals surface area contributed by atoms with E-state index >= 15 is 0 Å². The van der Waals surface area contributed by atoms with Gasteiger partial charge in [0, 0.05) is 29.6 Å². The molecule has 1 N–H and O–H groups in total. The van der Waals surface area contributed by atoms with E-state index in [1.54, 1.807) is 41.3 Å². The first-order valence-corrected chi connectivity index (χ1v) is 12.3. The predicted molar refractivity (Wildman–Crippen MR) is 140 cm³/mol. The van der Waals surface area contributed by atoms with Crippen molar-refractivity contribution in [3.8, 4) is 0 Å². The van der Waals surface area contributed by atoms with Gasteiger partial charge in [0.05, 0.1) is 16.5 Å². The Kier molecular flexibility index (Phi) is 9.66. The molecule has 8 heteroatoms. The fourth-order valence-electron chi connectivity index (χ4n) is 3.61. The van der Waals surface area contributed by atoms with E-state index in [2.05, 4.69) is 5.32 Å². The molecule has 178 valence electrons. The largest absolute Gasteiger partial charge is 0.355 e. The van der Waals surface area contributed by atoms with Gasteiger partial charge < -0.3 is 10.2 Å². The monoisotopic (exact) mass is 536 g/mol. The second-order valence-corrected chi connectivity index (χ2v) is 9.44. The van der Waals surface area contributed by atoms with Crippen LogP contribution < -0.4 is 5.32 Å². The van der Waals surface area contributed by atoms with Crippen LogP contribution in [0.4, 0.5) is 0 Å². The Morgan fingerprint density at radius 3 is 2.24 bits per heavy atom. The average Bonchev–Trinajstić information content (AvgIpc) is 2.80. The van der Waals surface area contributed by atoms with E-state index in [-0.39, 0.29) is 24.8 Å². The smallest absolute Gasteiger partial charge is 0.243 e. The Labute approximate surface area is 219 Å². The normalized spacial score (nSPS) is 11.7. The Morgan fingerprint density at radius 2 is 1.59 bits per heavy atom. The molecule has 0 radical (unpaired) electrons. The minimum atomic E-state index is -0.746. The second-order valence-electron chi connectivity index (χ2n) is 7.78. The van der Waals surface area contributed by atoms with E-state index in [1.807, 2.05) is 37.3 Å². The van der Waals surface area contributed by atoms with Gasteiger partial charge in [0.2, 0.25) is 11.8 Å². The van der Waals surface area contributed by atoms with Crippen molar-refractivity contribution >= 4 is 58.2 Å². The van der Waals surface area contributed by atoms with Crippen LogP contribution in [0.2, 0.25) is 20.1 Å². The number of hydrogen-bond donors (Lipinski definition) is 1. The zero-order valence-electron chi connectivity index (χ0n) is 18.5. The molecule has 0 spiro atoms. The highest BCUT2D eigenvalue weighted by Gasteiger charge is 2.30. The van der Waals surface area contributed by atoms with Crippen LogP contribution in [0, 0.1) is 0 Å². The fraction of sp³-hybridized carbons (Fsp3) is 0.231. The number of amides is 2. The first-order chi connectivity index (χ1) is 16.3. The Bertz CT molecular complexity index is 1150. The molecule has 0 heterocycles. The summed E-state index contributed by atoms with van der Waals surface area (Å²) in [7, 11) is 0. The lowest BCUT2D eigenvalue weighted by molar-refractivity contribution is -0.140. The SMILES string of the molecule is CCNC(=O)[C@@H](Cc1ccccc1)N(Cc1ccc(Cl)cc1Cl)C(=O)Cc1ccc(Cl)c(Cl)c1. The molecule has 0 fully saturated rings. The van der Waals surface area contributed by atoms with Gasteiger partial charge in [-0.15, -0.1) is 0 Å². The minimum absolute atomic E-state index is 0.0484. The summed E-state index contributed by atoms with van der Waals surface area (Å²) in [6.45, 7) is 2.43. The summed E-state index contributed by atoms with van der Waals surface area (Å²) in [6, 6.07) is 19.0. The molecule has 3 aromatic rings. The Balaban J connectivity index is 1.99. The number of hydrogen-bond acceptors (Lipinski definition) is 2. The van der Waals surface area contributed by atoms with E-state index in [0.29, 0.717) is 44.2 Å². The number of benzene rings is 3.